The predicted molar refractivity (Wildman–Crippen MR) is 92.0 cm³/mol. The number of thiocarbonyl (C=S) groups is 1. The van der Waals surface area contributed by atoms with Crippen LogP contribution in [0.15, 0.2) is 11.3 Å². The van der Waals surface area contributed by atoms with Crippen LogP contribution in [0.2, 0.25) is 0 Å². The van der Waals surface area contributed by atoms with E-state index in [2.05, 4.69) is 20.8 Å². The second-order valence-electron chi connectivity index (χ2n) is 4.81. The summed E-state index contributed by atoms with van der Waals surface area (Å²) in [4.78, 5) is 46.2. The Hall–Kier alpha value is -2.38. The molecule has 0 aromatic carbocycles. The van der Waals surface area contributed by atoms with Gasteiger partial charge in [0.05, 0.1) is 4.86 Å². The van der Waals surface area contributed by atoms with E-state index in [0.717, 1.165) is 16.2 Å². The van der Waals surface area contributed by atoms with E-state index in [-0.39, 0.29) is 32.0 Å². The number of thioether (sulfide) groups is 1. The van der Waals surface area contributed by atoms with Gasteiger partial charge in [0.15, 0.2) is 5.01 Å². The van der Waals surface area contributed by atoms with Crippen LogP contribution in [0.4, 0.5) is 5.13 Å². The highest BCUT2D eigenvalue weighted by Crippen LogP contribution is 2.41. The fourth-order valence-electron chi connectivity index (χ4n) is 2.44. The third-order valence-corrected chi connectivity index (χ3v) is 6.21. The number of carboxylic acids is 1. The number of amides is 3. The Kier molecular flexibility index (Phi) is 4.78. The smallest absolute Gasteiger partial charge is 0.353 e. The molecule has 1 aromatic heterocycles. The molecule has 1 saturated heterocycles. The van der Waals surface area contributed by atoms with Gasteiger partial charge < -0.3 is 15.7 Å². The van der Waals surface area contributed by atoms with Crippen molar-refractivity contribution in [2.75, 3.05) is 11.1 Å². The van der Waals surface area contributed by atoms with Crippen LogP contribution < -0.4 is 10.6 Å². The third kappa shape index (κ3) is 2.89. The quantitative estimate of drug-likeness (QED) is 0.232. The van der Waals surface area contributed by atoms with Gasteiger partial charge in [0.1, 0.15) is 17.1 Å². The van der Waals surface area contributed by atoms with E-state index in [4.69, 9.17) is 12.2 Å². The number of fused-ring (bicyclic) bond motifs is 1. The molecular weight excluding hydrogens is 390 g/mol. The van der Waals surface area contributed by atoms with Crippen LogP contribution in [0.5, 0.6) is 0 Å². The number of nitrogens with zero attached hydrogens (tertiary/aromatic N) is 3. The van der Waals surface area contributed by atoms with Crippen LogP contribution in [-0.2, 0) is 19.2 Å². The average molecular weight is 399 g/mol. The van der Waals surface area contributed by atoms with E-state index in [1.54, 1.807) is 0 Å². The van der Waals surface area contributed by atoms with Gasteiger partial charge in [-0.2, -0.15) is 0 Å². The lowest BCUT2D eigenvalue weighted by atomic mass is 10.0. The molecule has 2 aliphatic rings. The topological polar surface area (TPSA) is 142 Å². The molecule has 1 aromatic rings. The highest BCUT2D eigenvalue weighted by Gasteiger charge is 2.54. The van der Waals surface area contributed by atoms with Crippen molar-refractivity contribution in [1.82, 2.24) is 20.4 Å². The first-order valence-corrected chi connectivity index (χ1v) is 8.96. The summed E-state index contributed by atoms with van der Waals surface area (Å²) >= 11 is 7.61. The van der Waals surface area contributed by atoms with Gasteiger partial charge in [-0.1, -0.05) is 23.6 Å². The Morgan fingerprint density at radius 2 is 2.12 bits per heavy atom. The fraction of sp³-hybridized carbons (Fsp3) is 0.250. The lowest BCUT2D eigenvalue weighted by molar-refractivity contribution is -0.149. The van der Waals surface area contributed by atoms with Gasteiger partial charge >= 0.3 is 5.97 Å². The van der Waals surface area contributed by atoms with Gasteiger partial charge in [0.2, 0.25) is 18.0 Å². The summed E-state index contributed by atoms with van der Waals surface area (Å²) in [6, 6.07) is -0.753. The first kappa shape index (κ1) is 17.4. The maximum Gasteiger partial charge on any atom is 0.353 e. The highest BCUT2D eigenvalue weighted by molar-refractivity contribution is 8.00. The van der Waals surface area contributed by atoms with E-state index in [1.807, 2.05) is 0 Å². The monoisotopic (exact) mass is 399 g/mol. The van der Waals surface area contributed by atoms with Crippen molar-refractivity contribution in [1.29, 1.82) is 0 Å². The third-order valence-electron chi connectivity index (χ3n) is 3.49. The molecule has 3 heterocycles. The van der Waals surface area contributed by atoms with Crippen LogP contribution in [0.25, 0.3) is 0 Å². The standard InChI is InChI=1S/C12H9N5O5S3/c18-2-13-5-9(20)17-6(11(21)22)4(1-24-10(5)17)7(23)8-15-16-12(25-8)14-3-19/h2-3,5,10H,1H2,(H,13,18)(H,21,22)(H,14,16,19)/t5?,10-/m0/s1. The number of rotatable bonds is 7. The first-order valence-electron chi connectivity index (χ1n) is 6.68. The number of carboxylic acid groups (broad SMARTS) is 1. The molecule has 13 heteroatoms. The summed E-state index contributed by atoms with van der Waals surface area (Å²) in [5.41, 5.74) is 0.0539. The maximum absolute atomic E-state index is 12.2. The SMILES string of the molecule is O=CNc1nnc(C(=S)C2=C(C(=O)O)N3C(=O)C(NC=O)[C@@H]3SC2)s1. The molecule has 1 fully saturated rings. The number of β-lactam (4-membered cyclic amide) rings is 1. The molecule has 25 heavy (non-hydrogen) atoms. The van der Waals surface area contributed by atoms with Crippen molar-refractivity contribution in [3.05, 3.63) is 16.3 Å². The maximum atomic E-state index is 12.2. The molecule has 130 valence electrons. The molecule has 0 radical (unpaired) electrons. The molecule has 0 bridgehead atoms. The van der Waals surface area contributed by atoms with E-state index >= 15 is 0 Å². The summed E-state index contributed by atoms with van der Waals surface area (Å²) in [6.45, 7) is 0. The molecule has 0 aliphatic carbocycles. The largest absolute Gasteiger partial charge is 0.477 e. The van der Waals surface area contributed by atoms with Gasteiger partial charge in [-0.25, -0.2) is 4.79 Å². The zero-order chi connectivity index (χ0) is 18.1. The number of aromatic nitrogens is 2. The second kappa shape index (κ2) is 6.85. The highest BCUT2D eigenvalue weighted by atomic mass is 32.2. The van der Waals surface area contributed by atoms with Crippen molar-refractivity contribution in [3.63, 3.8) is 0 Å². The van der Waals surface area contributed by atoms with Gasteiger partial charge in [0, 0.05) is 11.3 Å². The molecule has 1 unspecified atom stereocenters. The number of hydrogen-bond donors (Lipinski definition) is 3. The molecule has 0 saturated carbocycles. The Bertz CT molecular complexity index is 822. The van der Waals surface area contributed by atoms with E-state index in [9.17, 15) is 24.3 Å². The summed E-state index contributed by atoms with van der Waals surface area (Å²) < 4.78 is 0. The Morgan fingerprint density at radius 3 is 2.76 bits per heavy atom. The van der Waals surface area contributed by atoms with E-state index in [1.165, 1.54) is 11.8 Å². The molecule has 3 rings (SSSR count). The minimum Gasteiger partial charge on any atom is -0.477 e. The van der Waals surface area contributed by atoms with E-state index < -0.39 is 23.3 Å². The van der Waals surface area contributed by atoms with Gasteiger partial charge in [-0.3, -0.25) is 19.3 Å². The predicted octanol–water partition coefficient (Wildman–Crippen LogP) is -0.807. The normalized spacial score (nSPS) is 21.9. The number of carbonyl (C=O) groups is 4. The lowest BCUT2D eigenvalue weighted by Crippen LogP contribution is -2.69. The molecule has 10 nitrogen and oxygen atoms in total. The van der Waals surface area contributed by atoms with Crippen LogP contribution in [0.3, 0.4) is 0 Å². The Morgan fingerprint density at radius 1 is 1.36 bits per heavy atom. The molecule has 0 spiro atoms. The number of anilines is 1. The first-order chi connectivity index (χ1) is 12.0. The van der Waals surface area contributed by atoms with Crippen molar-refractivity contribution < 1.29 is 24.3 Å². The number of nitrogens with one attached hydrogen (secondary N) is 2. The Balaban J connectivity index is 1.94. The van der Waals surface area contributed by atoms with Crippen LogP contribution >= 0.6 is 35.3 Å². The van der Waals surface area contributed by atoms with E-state index in [0.29, 0.717) is 12.8 Å². The summed E-state index contributed by atoms with van der Waals surface area (Å²) in [6.07, 6.45) is 0.850. The molecule has 2 aliphatic heterocycles. The van der Waals surface area contributed by atoms with Crippen molar-refractivity contribution in [2.24, 2.45) is 0 Å². The van der Waals surface area contributed by atoms with Gasteiger partial charge in [-0.05, 0) is 0 Å². The summed E-state index contributed by atoms with van der Waals surface area (Å²) in [5, 5.41) is 21.8. The van der Waals surface area contributed by atoms with Crippen molar-refractivity contribution in [3.8, 4) is 0 Å². The zero-order valence-corrected chi connectivity index (χ0v) is 14.6. The van der Waals surface area contributed by atoms with Crippen molar-refractivity contribution >= 4 is 70.0 Å². The number of carbonyl (C=O) groups excluding carboxylic acids is 3. The Labute approximate surface area is 153 Å². The van der Waals surface area contributed by atoms with Crippen molar-refractivity contribution in [2.45, 2.75) is 11.4 Å². The molecule has 2 atom stereocenters. The minimum absolute atomic E-state index is 0.152. The fourth-order valence-corrected chi connectivity index (χ4v) is 4.90. The van der Waals surface area contributed by atoms with Gasteiger partial charge in [-0.15, -0.1) is 22.0 Å². The number of aliphatic carboxylic acids is 1. The molecule has 3 amide bonds. The van der Waals surface area contributed by atoms with Crippen LogP contribution in [0, 0.1) is 0 Å². The van der Waals surface area contributed by atoms with Gasteiger partial charge in [0.25, 0.3) is 5.91 Å². The summed E-state index contributed by atoms with van der Waals surface area (Å²) in [7, 11) is 0. The second-order valence-corrected chi connectivity index (χ2v) is 7.30. The molecular formula is C12H9N5O5S3. The number of hydrogen-bond acceptors (Lipinski definition) is 9. The average Bonchev–Trinajstić information content (AvgIpc) is 3.06. The lowest BCUT2D eigenvalue weighted by Gasteiger charge is -2.49. The van der Waals surface area contributed by atoms with Crippen LogP contribution in [-0.4, -0.2) is 66.9 Å². The minimum atomic E-state index is -1.30. The summed E-state index contributed by atoms with van der Waals surface area (Å²) in [5.74, 6) is -1.57. The zero-order valence-electron chi connectivity index (χ0n) is 12.2. The van der Waals surface area contributed by atoms with Crippen LogP contribution in [0.1, 0.15) is 5.01 Å². The molecule has 3 N–H and O–H groups in total.